The van der Waals surface area contributed by atoms with Crippen molar-refractivity contribution in [3.63, 3.8) is 0 Å². The first-order chi connectivity index (χ1) is 17.3. The van der Waals surface area contributed by atoms with E-state index < -0.39 is 5.69 Å². The molecule has 4 N–H and O–H groups in total. The lowest BCUT2D eigenvalue weighted by Crippen LogP contribution is -2.55. The number of thiophene rings is 1. The molecule has 4 aromatic heterocycles. The molecule has 186 valence electrons. The van der Waals surface area contributed by atoms with Crippen LogP contribution in [0.2, 0.25) is 0 Å². The molecular weight excluding hydrogens is 480 g/mol. The predicted molar refractivity (Wildman–Crippen MR) is 135 cm³/mol. The fourth-order valence-corrected chi connectivity index (χ4v) is 5.50. The molecule has 0 radical (unpaired) electrons. The van der Waals surface area contributed by atoms with Gasteiger partial charge in [-0.05, 0) is 44.9 Å². The van der Waals surface area contributed by atoms with Gasteiger partial charge in [0.15, 0.2) is 11.1 Å². The zero-order valence-corrected chi connectivity index (χ0v) is 20.7. The smallest absolute Gasteiger partial charge is 0.326 e. The molecule has 1 saturated carbocycles. The third kappa shape index (κ3) is 4.33. The summed E-state index contributed by atoms with van der Waals surface area (Å²) in [6.07, 6.45) is 5.32. The summed E-state index contributed by atoms with van der Waals surface area (Å²) in [5.74, 6) is -0.225. The summed E-state index contributed by atoms with van der Waals surface area (Å²) < 4.78 is 1.67. The van der Waals surface area contributed by atoms with Crippen LogP contribution in [0.5, 0.6) is 5.88 Å². The molecule has 2 aliphatic rings. The van der Waals surface area contributed by atoms with E-state index in [1.807, 2.05) is 23.1 Å². The second kappa shape index (κ2) is 8.71. The number of hydrogen-bond donors (Lipinski definition) is 4. The zero-order valence-electron chi connectivity index (χ0n) is 19.9. The summed E-state index contributed by atoms with van der Waals surface area (Å²) in [7, 11) is 0. The summed E-state index contributed by atoms with van der Waals surface area (Å²) in [6, 6.07) is 6.43. The summed E-state index contributed by atoms with van der Waals surface area (Å²) >= 11 is 1.41. The molecule has 1 aliphatic heterocycles. The van der Waals surface area contributed by atoms with Crippen LogP contribution in [0.25, 0.3) is 22.3 Å². The molecule has 2 fully saturated rings. The minimum absolute atomic E-state index is 0.0284. The van der Waals surface area contributed by atoms with Crippen molar-refractivity contribution in [3.8, 4) is 16.5 Å². The SMILES string of the molecule is CC1CN(C(=O)c2ccc(-c3cc(=NC4CC4)n4nc/c(=C/c5[nH]c(=O)[nH]c5O)c4n3)s2)CC(C)N1. The molecule has 12 heteroatoms. The number of nitrogens with one attached hydrogen (secondary N) is 3. The maximum absolute atomic E-state index is 13.2. The molecule has 0 spiro atoms. The Balaban J connectivity index is 1.42. The number of hydrogen-bond acceptors (Lipinski definition) is 8. The van der Waals surface area contributed by atoms with Crippen LogP contribution in [-0.2, 0) is 0 Å². The Morgan fingerprint density at radius 3 is 2.69 bits per heavy atom. The van der Waals surface area contributed by atoms with Crippen molar-refractivity contribution in [1.29, 1.82) is 0 Å². The van der Waals surface area contributed by atoms with Gasteiger partial charge in [-0.2, -0.15) is 9.61 Å². The Bertz CT molecular complexity index is 1630. The molecular formula is C24H26N8O3S. The molecule has 4 aromatic rings. The van der Waals surface area contributed by atoms with Gasteiger partial charge in [-0.3, -0.25) is 14.8 Å². The van der Waals surface area contributed by atoms with Crippen molar-refractivity contribution in [2.75, 3.05) is 13.1 Å². The number of H-pyrrole nitrogens is 2. The molecule has 2 atom stereocenters. The fraction of sp³-hybridized carbons (Fsp3) is 0.375. The Morgan fingerprint density at radius 1 is 1.22 bits per heavy atom. The minimum Gasteiger partial charge on any atom is -0.493 e. The Hall–Kier alpha value is -3.77. The first kappa shape index (κ1) is 22.7. The van der Waals surface area contributed by atoms with E-state index in [2.05, 4.69) is 34.2 Å². The predicted octanol–water partition coefficient (Wildman–Crippen LogP) is 0.613. The minimum atomic E-state index is -0.502. The van der Waals surface area contributed by atoms with Crippen molar-refractivity contribution in [3.05, 3.63) is 56.2 Å². The highest BCUT2D eigenvalue weighted by molar-refractivity contribution is 7.17. The van der Waals surface area contributed by atoms with Crippen LogP contribution in [0.1, 0.15) is 42.1 Å². The lowest BCUT2D eigenvalue weighted by molar-refractivity contribution is 0.0678. The highest BCUT2D eigenvalue weighted by Crippen LogP contribution is 2.28. The molecule has 1 saturated heterocycles. The number of aromatic nitrogens is 5. The normalized spacial score (nSPS) is 21.6. The van der Waals surface area contributed by atoms with Crippen LogP contribution in [0.15, 0.2) is 34.2 Å². The van der Waals surface area contributed by atoms with Gasteiger partial charge in [-0.1, -0.05) is 0 Å². The summed E-state index contributed by atoms with van der Waals surface area (Å²) in [6.45, 7) is 5.52. The first-order valence-electron chi connectivity index (χ1n) is 11.9. The molecule has 0 bridgehead atoms. The molecule has 6 rings (SSSR count). The number of aromatic hydroxyl groups is 1. The molecule has 2 unspecified atom stereocenters. The number of amides is 1. The second-order valence-corrected chi connectivity index (χ2v) is 10.6. The molecule has 0 aromatic carbocycles. The van der Waals surface area contributed by atoms with Crippen molar-refractivity contribution >= 4 is 29.0 Å². The average Bonchev–Trinajstić information content (AvgIpc) is 3.22. The van der Waals surface area contributed by atoms with Crippen LogP contribution in [0.3, 0.4) is 0 Å². The number of carbonyl (C=O) groups excluding carboxylic acids is 1. The van der Waals surface area contributed by atoms with E-state index in [0.717, 1.165) is 17.7 Å². The second-order valence-electron chi connectivity index (χ2n) is 9.52. The van der Waals surface area contributed by atoms with Gasteiger partial charge in [0, 0.05) is 36.5 Å². The summed E-state index contributed by atoms with van der Waals surface area (Å²) in [5, 5.41) is 18.5. The van der Waals surface area contributed by atoms with Gasteiger partial charge in [-0.15, -0.1) is 11.3 Å². The molecule has 1 aliphatic carbocycles. The standard InChI is InChI=1S/C24H26N8O3S/c1-12-10-31(11-13(2)26-12)23(34)19-6-5-18(36-19)16-8-20(27-15-3-4-15)32-21(28-16)14(9-25-32)7-17-22(33)30-24(35)29-17/h5-9,12-13,15,26,33H,3-4,10-11H2,1-2H3,(H2,29,30,35)/b14-7-,27-20?. The van der Waals surface area contributed by atoms with Crippen LogP contribution in [0.4, 0.5) is 0 Å². The molecule has 36 heavy (non-hydrogen) atoms. The number of rotatable bonds is 4. The number of carbonyl (C=O) groups is 1. The van der Waals surface area contributed by atoms with Crippen molar-refractivity contribution < 1.29 is 9.90 Å². The molecule has 1 amide bonds. The lowest BCUT2D eigenvalue weighted by Gasteiger charge is -2.35. The highest BCUT2D eigenvalue weighted by atomic mass is 32.1. The number of fused-ring (bicyclic) bond motifs is 1. The van der Waals surface area contributed by atoms with Crippen molar-refractivity contribution in [2.45, 2.75) is 44.8 Å². The van der Waals surface area contributed by atoms with E-state index in [1.54, 1.807) is 16.8 Å². The first-order valence-corrected chi connectivity index (χ1v) is 12.8. The van der Waals surface area contributed by atoms with E-state index in [4.69, 9.17) is 9.98 Å². The molecule has 5 heterocycles. The average molecular weight is 507 g/mol. The van der Waals surface area contributed by atoms with Gasteiger partial charge < -0.3 is 20.3 Å². The van der Waals surface area contributed by atoms with Gasteiger partial charge in [0.1, 0.15) is 5.69 Å². The summed E-state index contributed by atoms with van der Waals surface area (Å²) in [4.78, 5) is 42.7. The van der Waals surface area contributed by atoms with Crippen molar-refractivity contribution in [2.24, 2.45) is 4.99 Å². The third-order valence-corrected chi connectivity index (χ3v) is 7.39. The number of imidazole rings is 1. The summed E-state index contributed by atoms with van der Waals surface area (Å²) in [5.41, 5.74) is 1.65. The fourth-order valence-electron chi connectivity index (χ4n) is 4.56. The van der Waals surface area contributed by atoms with Gasteiger partial charge in [-0.25, -0.2) is 9.78 Å². The quantitative estimate of drug-likeness (QED) is 0.319. The van der Waals surface area contributed by atoms with Crippen molar-refractivity contribution in [1.82, 2.24) is 34.8 Å². The van der Waals surface area contributed by atoms with Gasteiger partial charge in [0.2, 0.25) is 5.88 Å². The number of nitrogens with zero attached hydrogens (tertiary/aromatic N) is 5. The van der Waals surface area contributed by atoms with Gasteiger partial charge >= 0.3 is 5.69 Å². The van der Waals surface area contributed by atoms with E-state index in [-0.39, 0.29) is 35.6 Å². The third-order valence-electron chi connectivity index (χ3n) is 6.29. The topological polar surface area (TPSA) is 144 Å². The van der Waals surface area contributed by atoms with Crippen LogP contribution in [0, 0.1) is 0 Å². The number of piperazine rings is 1. The lowest BCUT2D eigenvalue weighted by atomic mass is 10.1. The van der Waals surface area contributed by atoms with E-state index in [9.17, 15) is 14.7 Å². The Labute approximate surface area is 209 Å². The van der Waals surface area contributed by atoms with Crippen LogP contribution in [-0.4, -0.2) is 71.7 Å². The van der Waals surface area contributed by atoms with E-state index >= 15 is 0 Å². The maximum atomic E-state index is 13.2. The van der Waals surface area contributed by atoms with Crippen LogP contribution >= 0.6 is 11.3 Å². The maximum Gasteiger partial charge on any atom is 0.326 e. The Morgan fingerprint density at radius 2 is 2.00 bits per heavy atom. The monoisotopic (exact) mass is 506 g/mol. The molecule has 11 nitrogen and oxygen atoms in total. The van der Waals surface area contributed by atoms with Gasteiger partial charge in [0.05, 0.1) is 27.7 Å². The zero-order chi connectivity index (χ0) is 25.0. The Kier molecular flexibility index (Phi) is 5.49. The van der Waals surface area contributed by atoms with E-state index in [0.29, 0.717) is 40.0 Å². The van der Waals surface area contributed by atoms with E-state index in [1.165, 1.54) is 11.3 Å². The number of aromatic amines is 2. The largest absolute Gasteiger partial charge is 0.493 e. The van der Waals surface area contributed by atoms with Gasteiger partial charge in [0.25, 0.3) is 5.91 Å². The highest BCUT2D eigenvalue weighted by Gasteiger charge is 2.27. The van der Waals surface area contributed by atoms with Crippen LogP contribution < -0.4 is 21.7 Å².